The summed E-state index contributed by atoms with van der Waals surface area (Å²) in [6, 6.07) is 0.147. The molecule has 0 aromatic rings. The lowest BCUT2D eigenvalue weighted by Gasteiger charge is -2.27. The van der Waals surface area contributed by atoms with Crippen molar-refractivity contribution in [3.63, 3.8) is 0 Å². The van der Waals surface area contributed by atoms with Crippen molar-refractivity contribution in [3.05, 3.63) is 0 Å². The van der Waals surface area contributed by atoms with Crippen LogP contribution in [0.5, 0.6) is 0 Å². The Bertz CT molecular complexity index is 307. The first kappa shape index (κ1) is 11.3. The van der Waals surface area contributed by atoms with Gasteiger partial charge in [0.05, 0.1) is 11.5 Å². The van der Waals surface area contributed by atoms with Crippen LogP contribution < -0.4 is 5.73 Å². The van der Waals surface area contributed by atoms with Gasteiger partial charge in [0.25, 0.3) is 0 Å². The second-order valence-corrected chi connectivity index (χ2v) is 6.02. The molecule has 0 spiro atoms. The lowest BCUT2D eigenvalue weighted by molar-refractivity contribution is 0.435. The summed E-state index contributed by atoms with van der Waals surface area (Å²) < 4.78 is 22.3. The molecule has 0 amide bonds. The minimum Gasteiger partial charge on any atom is -0.370 e. The summed E-state index contributed by atoms with van der Waals surface area (Å²) in [5.41, 5.74) is 5.72. The van der Waals surface area contributed by atoms with Crippen LogP contribution in [0.15, 0.2) is 4.99 Å². The number of aliphatic imine (C=N–C) groups is 1. The van der Waals surface area contributed by atoms with Gasteiger partial charge in [-0.3, -0.25) is 4.99 Å². The highest BCUT2D eigenvalue weighted by molar-refractivity contribution is 7.91. The molecule has 1 aliphatic rings. The van der Waals surface area contributed by atoms with Crippen LogP contribution in [-0.2, 0) is 9.84 Å². The average molecular weight is 219 g/mol. The maximum Gasteiger partial charge on any atom is 0.191 e. The number of nitrogens with two attached hydrogens (primary N) is 1. The van der Waals surface area contributed by atoms with Gasteiger partial charge in [-0.05, 0) is 13.8 Å². The van der Waals surface area contributed by atoms with E-state index in [0.717, 1.165) is 0 Å². The van der Waals surface area contributed by atoms with Crippen molar-refractivity contribution in [3.8, 4) is 0 Å². The van der Waals surface area contributed by atoms with E-state index in [9.17, 15) is 8.42 Å². The molecule has 0 unspecified atom stereocenters. The van der Waals surface area contributed by atoms with Gasteiger partial charge >= 0.3 is 0 Å². The number of hydrogen-bond acceptors (Lipinski definition) is 3. The lowest BCUT2D eigenvalue weighted by atomic mass is 10.4. The predicted molar refractivity (Wildman–Crippen MR) is 57.0 cm³/mol. The van der Waals surface area contributed by atoms with Gasteiger partial charge in [-0.1, -0.05) is 0 Å². The smallest absolute Gasteiger partial charge is 0.191 e. The molecule has 0 saturated carbocycles. The zero-order valence-corrected chi connectivity index (χ0v) is 9.42. The third-order valence-electron chi connectivity index (χ3n) is 2.06. The normalized spacial score (nSPS) is 22.8. The van der Waals surface area contributed by atoms with Crippen LogP contribution in [0.25, 0.3) is 0 Å². The molecule has 2 N–H and O–H groups in total. The molecule has 5 nitrogen and oxygen atoms in total. The molecular weight excluding hydrogens is 202 g/mol. The van der Waals surface area contributed by atoms with Crippen LogP contribution in [0.3, 0.4) is 0 Å². The van der Waals surface area contributed by atoms with Gasteiger partial charge in [0.2, 0.25) is 0 Å². The van der Waals surface area contributed by atoms with Gasteiger partial charge in [0, 0.05) is 19.1 Å². The molecule has 82 valence electrons. The molecule has 1 fully saturated rings. The second-order valence-electron chi connectivity index (χ2n) is 3.72. The summed E-state index contributed by atoms with van der Waals surface area (Å²) in [6.45, 7) is 4.80. The maximum atomic E-state index is 11.1. The highest BCUT2D eigenvalue weighted by Crippen LogP contribution is 2.03. The summed E-state index contributed by atoms with van der Waals surface area (Å²) in [5, 5.41) is 0. The Morgan fingerprint density at radius 1 is 1.36 bits per heavy atom. The molecular formula is C8H17N3O2S. The molecule has 1 heterocycles. The summed E-state index contributed by atoms with van der Waals surface area (Å²) >= 11 is 0. The van der Waals surface area contributed by atoms with E-state index in [-0.39, 0.29) is 17.5 Å². The predicted octanol–water partition coefficient (Wildman–Crippen LogP) is -0.560. The van der Waals surface area contributed by atoms with E-state index < -0.39 is 9.84 Å². The SMILES string of the molecule is CC(C)N=C(N)N1CCS(=O)(=O)CC1. The van der Waals surface area contributed by atoms with E-state index in [0.29, 0.717) is 19.0 Å². The second kappa shape index (κ2) is 4.16. The first-order valence-electron chi connectivity index (χ1n) is 4.69. The maximum absolute atomic E-state index is 11.1. The largest absolute Gasteiger partial charge is 0.370 e. The van der Waals surface area contributed by atoms with Crippen molar-refractivity contribution in [2.75, 3.05) is 24.6 Å². The van der Waals surface area contributed by atoms with Gasteiger partial charge in [-0.15, -0.1) is 0 Å². The number of sulfone groups is 1. The zero-order chi connectivity index (χ0) is 10.8. The molecule has 0 aromatic heterocycles. The highest BCUT2D eigenvalue weighted by atomic mass is 32.2. The molecule has 0 aliphatic carbocycles. The minimum atomic E-state index is -2.83. The Morgan fingerprint density at radius 2 is 1.86 bits per heavy atom. The third-order valence-corrected chi connectivity index (χ3v) is 3.67. The van der Waals surface area contributed by atoms with Crippen LogP contribution in [-0.4, -0.2) is 49.9 Å². The summed E-state index contributed by atoms with van der Waals surface area (Å²) in [4.78, 5) is 5.99. The quantitative estimate of drug-likeness (QED) is 0.474. The Labute approximate surface area is 84.9 Å². The van der Waals surface area contributed by atoms with Crippen molar-refractivity contribution in [1.29, 1.82) is 0 Å². The average Bonchev–Trinajstić information content (AvgIpc) is 2.02. The highest BCUT2D eigenvalue weighted by Gasteiger charge is 2.22. The Morgan fingerprint density at radius 3 is 2.29 bits per heavy atom. The molecule has 14 heavy (non-hydrogen) atoms. The number of rotatable bonds is 1. The topological polar surface area (TPSA) is 75.8 Å². The Kier molecular flexibility index (Phi) is 3.36. The molecule has 1 saturated heterocycles. The molecule has 0 bridgehead atoms. The standard InChI is InChI=1S/C8H17N3O2S/c1-7(2)10-8(9)11-3-5-14(12,13)6-4-11/h7H,3-6H2,1-2H3,(H2,9,10). The van der Waals surface area contributed by atoms with Crippen molar-refractivity contribution in [2.45, 2.75) is 19.9 Å². The Hall–Kier alpha value is -0.780. The van der Waals surface area contributed by atoms with Crippen molar-refractivity contribution < 1.29 is 8.42 Å². The first-order valence-corrected chi connectivity index (χ1v) is 6.51. The van der Waals surface area contributed by atoms with Crippen LogP contribution in [0.4, 0.5) is 0 Å². The molecule has 0 radical (unpaired) electrons. The van der Waals surface area contributed by atoms with E-state index in [2.05, 4.69) is 4.99 Å². The van der Waals surface area contributed by atoms with Gasteiger partial charge in [-0.2, -0.15) is 0 Å². The van der Waals surface area contributed by atoms with E-state index in [4.69, 9.17) is 5.73 Å². The summed E-state index contributed by atoms with van der Waals surface area (Å²) in [7, 11) is -2.83. The van der Waals surface area contributed by atoms with Gasteiger partial charge < -0.3 is 10.6 Å². The van der Waals surface area contributed by atoms with Crippen molar-refractivity contribution in [1.82, 2.24) is 4.90 Å². The number of hydrogen-bond donors (Lipinski definition) is 1. The monoisotopic (exact) mass is 219 g/mol. The van der Waals surface area contributed by atoms with E-state index in [1.54, 1.807) is 0 Å². The molecule has 0 atom stereocenters. The van der Waals surface area contributed by atoms with Gasteiger partial charge in [0.1, 0.15) is 0 Å². The fourth-order valence-electron chi connectivity index (χ4n) is 1.29. The van der Waals surface area contributed by atoms with Crippen LogP contribution in [0.2, 0.25) is 0 Å². The zero-order valence-electron chi connectivity index (χ0n) is 8.60. The van der Waals surface area contributed by atoms with Crippen LogP contribution in [0, 0.1) is 0 Å². The van der Waals surface area contributed by atoms with Gasteiger partial charge in [-0.25, -0.2) is 8.42 Å². The molecule has 6 heteroatoms. The van der Waals surface area contributed by atoms with Gasteiger partial charge in [0.15, 0.2) is 15.8 Å². The third kappa shape index (κ3) is 3.17. The van der Waals surface area contributed by atoms with Crippen molar-refractivity contribution in [2.24, 2.45) is 10.7 Å². The summed E-state index contributed by atoms with van der Waals surface area (Å²) in [6.07, 6.45) is 0. The fraction of sp³-hybridized carbons (Fsp3) is 0.875. The van der Waals surface area contributed by atoms with E-state index in [1.807, 2.05) is 18.7 Å². The minimum absolute atomic E-state index is 0.147. The van der Waals surface area contributed by atoms with Crippen LogP contribution in [0.1, 0.15) is 13.8 Å². The molecule has 1 aliphatic heterocycles. The van der Waals surface area contributed by atoms with E-state index in [1.165, 1.54) is 0 Å². The van der Waals surface area contributed by atoms with Crippen LogP contribution >= 0.6 is 0 Å². The fourth-order valence-corrected chi connectivity index (χ4v) is 2.49. The van der Waals surface area contributed by atoms with Crippen molar-refractivity contribution >= 4 is 15.8 Å². The Balaban J connectivity index is 2.58. The van der Waals surface area contributed by atoms with E-state index >= 15 is 0 Å². The lowest BCUT2D eigenvalue weighted by Crippen LogP contribution is -2.47. The molecule has 1 rings (SSSR count). The number of nitrogens with zero attached hydrogens (tertiary/aromatic N) is 2. The summed E-state index contributed by atoms with van der Waals surface area (Å²) in [5.74, 6) is 0.817. The molecule has 0 aromatic carbocycles. The first-order chi connectivity index (χ1) is 6.41. The number of guanidine groups is 1.